The van der Waals surface area contributed by atoms with E-state index in [0.717, 1.165) is 30.6 Å². The molecule has 4 heteroatoms. The highest BCUT2D eigenvalue weighted by atomic mass is 16.4. The smallest absolute Gasteiger partial charge is 0.310 e. The summed E-state index contributed by atoms with van der Waals surface area (Å²) >= 11 is 0. The van der Waals surface area contributed by atoms with Crippen molar-refractivity contribution in [1.29, 1.82) is 0 Å². The second-order valence-electron chi connectivity index (χ2n) is 3.67. The monoisotopic (exact) mass is 210 g/mol. The summed E-state index contributed by atoms with van der Waals surface area (Å²) in [5.41, 5.74) is 1.92. The van der Waals surface area contributed by atoms with E-state index in [-0.39, 0.29) is 0 Å². The molecule has 0 amide bonds. The SMILES string of the molecule is CCCc1c(C(C)C(=O)O)cnn1CC. The minimum Gasteiger partial charge on any atom is -0.481 e. The lowest BCUT2D eigenvalue weighted by atomic mass is 10.00. The fraction of sp³-hybridized carbons (Fsp3) is 0.636. The Morgan fingerprint density at radius 1 is 1.60 bits per heavy atom. The van der Waals surface area contributed by atoms with Gasteiger partial charge in [0.15, 0.2) is 0 Å². The van der Waals surface area contributed by atoms with E-state index in [1.807, 2.05) is 11.6 Å². The molecule has 0 aliphatic carbocycles. The molecule has 1 aromatic rings. The maximum Gasteiger partial charge on any atom is 0.310 e. The van der Waals surface area contributed by atoms with E-state index in [0.29, 0.717) is 0 Å². The van der Waals surface area contributed by atoms with Crippen molar-refractivity contribution < 1.29 is 9.90 Å². The summed E-state index contributed by atoms with van der Waals surface area (Å²) in [5.74, 6) is -1.25. The Hall–Kier alpha value is -1.32. The Bertz CT molecular complexity index is 344. The van der Waals surface area contributed by atoms with Gasteiger partial charge in [0, 0.05) is 17.8 Å². The van der Waals surface area contributed by atoms with Crippen LogP contribution in [0.4, 0.5) is 0 Å². The van der Waals surface area contributed by atoms with Crippen LogP contribution in [0.1, 0.15) is 44.4 Å². The Labute approximate surface area is 89.9 Å². The lowest BCUT2D eigenvalue weighted by Gasteiger charge is -2.09. The summed E-state index contributed by atoms with van der Waals surface area (Å²) in [7, 11) is 0. The zero-order chi connectivity index (χ0) is 11.4. The first kappa shape index (κ1) is 11.8. The van der Waals surface area contributed by atoms with Crippen LogP contribution in [0.3, 0.4) is 0 Å². The first-order valence-electron chi connectivity index (χ1n) is 5.39. The van der Waals surface area contributed by atoms with Gasteiger partial charge in [0.25, 0.3) is 0 Å². The summed E-state index contributed by atoms with van der Waals surface area (Å²) in [4.78, 5) is 10.9. The number of carboxylic acids is 1. The van der Waals surface area contributed by atoms with E-state index < -0.39 is 11.9 Å². The molecule has 0 aliphatic rings. The van der Waals surface area contributed by atoms with Crippen molar-refractivity contribution in [3.8, 4) is 0 Å². The van der Waals surface area contributed by atoms with Crippen molar-refractivity contribution in [1.82, 2.24) is 9.78 Å². The van der Waals surface area contributed by atoms with Crippen LogP contribution >= 0.6 is 0 Å². The quantitative estimate of drug-likeness (QED) is 0.809. The molecular weight excluding hydrogens is 192 g/mol. The molecule has 0 fully saturated rings. The highest BCUT2D eigenvalue weighted by molar-refractivity contribution is 5.75. The number of nitrogens with zero attached hydrogens (tertiary/aromatic N) is 2. The molecule has 0 saturated carbocycles. The van der Waals surface area contributed by atoms with Crippen LogP contribution in [0.25, 0.3) is 0 Å². The molecule has 0 aromatic carbocycles. The molecule has 0 radical (unpaired) electrons. The third kappa shape index (κ3) is 2.37. The summed E-state index contributed by atoms with van der Waals surface area (Å²) < 4.78 is 1.89. The van der Waals surface area contributed by atoms with E-state index in [4.69, 9.17) is 5.11 Å². The fourth-order valence-electron chi connectivity index (χ4n) is 1.70. The number of hydrogen-bond acceptors (Lipinski definition) is 2. The van der Waals surface area contributed by atoms with Crippen molar-refractivity contribution in [3.05, 3.63) is 17.5 Å². The minimum atomic E-state index is -0.789. The van der Waals surface area contributed by atoms with E-state index in [1.165, 1.54) is 0 Å². The lowest BCUT2D eigenvalue weighted by molar-refractivity contribution is -0.138. The van der Waals surface area contributed by atoms with Gasteiger partial charge >= 0.3 is 5.97 Å². The predicted molar refractivity (Wildman–Crippen MR) is 57.9 cm³/mol. The van der Waals surface area contributed by atoms with Crippen LogP contribution in [0.15, 0.2) is 6.20 Å². The molecule has 1 unspecified atom stereocenters. The normalized spacial score (nSPS) is 12.7. The van der Waals surface area contributed by atoms with Gasteiger partial charge in [0.1, 0.15) is 0 Å². The second-order valence-corrected chi connectivity index (χ2v) is 3.67. The first-order valence-corrected chi connectivity index (χ1v) is 5.39. The van der Waals surface area contributed by atoms with Gasteiger partial charge in [-0.1, -0.05) is 13.3 Å². The number of carboxylic acid groups (broad SMARTS) is 1. The van der Waals surface area contributed by atoms with Gasteiger partial charge in [-0.15, -0.1) is 0 Å². The van der Waals surface area contributed by atoms with Crippen molar-refractivity contribution in [2.24, 2.45) is 0 Å². The zero-order valence-electron chi connectivity index (χ0n) is 9.53. The van der Waals surface area contributed by atoms with Crippen molar-refractivity contribution in [3.63, 3.8) is 0 Å². The largest absolute Gasteiger partial charge is 0.481 e. The molecule has 1 aromatic heterocycles. The van der Waals surface area contributed by atoms with E-state index in [1.54, 1.807) is 13.1 Å². The fourth-order valence-corrected chi connectivity index (χ4v) is 1.70. The summed E-state index contributed by atoms with van der Waals surface area (Å²) in [6, 6.07) is 0. The predicted octanol–water partition coefficient (Wildman–Crippen LogP) is 2.04. The summed E-state index contributed by atoms with van der Waals surface area (Å²) in [6.45, 7) is 6.60. The third-order valence-electron chi connectivity index (χ3n) is 2.60. The standard InChI is InChI=1S/C11H18N2O2/c1-4-6-10-9(8(3)11(14)15)7-12-13(10)5-2/h7-8H,4-6H2,1-3H3,(H,14,15). The summed E-state index contributed by atoms with van der Waals surface area (Å²) in [6.07, 6.45) is 3.58. The molecule has 15 heavy (non-hydrogen) atoms. The van der Waals surface area contributed by atoms with Crippen LogP contribution in [0, 0.1) is 0 Å². The third-order valence-corrected chi connectivity index (χ3v) is 2.60. The highest BCUT2D eigenvalue weighted by Gasteiger charge is 2.20. The molecule has 0 saturated heterocycles. The van der Waals surface area contributed by atoms with E-state index >= 15 is 0 Å². The number of carbonyl (C=O) groups is 1. The molecule has 1 N–H and O–H groups in total. The Morgan fingerprint density at radius 3 is 2.73 bits per heavy atom. The lowest BCUT2D eigenvalue weighted by Crippen LogP contribution is -2.11. The maximum absolute atomic E-state index is 10.9. The van der Waals surface area contributed by atoms with Crippen LogP contribution < -0.4 is 0 Å². The molecule has 4 nitrogen and oxygen atoms in total. The molecule has 1 atom stereocenters. The van der Waals surface area contributed by atoms with Crippen LogP contribution in [0.5, 0.6) is 0 Å². The van der Waals surface area contributed by atoms with Crippen LogP contribution in [0.2, 0.25) is 0 Å². The molecule has 1 rings (SSSR count). The van der Waals surface area contributed by atoms with E-state index in [2.05, 4.69) is 12.0 Å². The van der Waals surface area contributed by atoms with Crippen molar-refractivity contribution >= 4 is 5.97 Å². The number of hydrogen-bond donors (Lipinski definition) is 1. The molecule has 0 aliphatic heterocycles. The first-order chi connectivity index (χ1) is 7.11. The number of aromatic nitrogens is 2. The molecule has 0 spiro atoms. The van der Waals surface area contributed by atoms with Gasteiger partial charge in [0.05, 0.1) is 12.1 Å². The average Bonchev–Trinajstić information content (AvgIpc) is 2.60. The Morgan fingerprint density at radius 2 is 2.27 bits per heavy atom. The van der Waals surface area contributed by atoms with Gasteiger partial charge in [-0.05, 0) is 20.3 Å². The van der Waals surface area contributed by atoms with Gasteiger partial charge in [-0.3, -0.25) is 9.48 Å². The van der Waals surface area contributed by atoms with Gasteiger partial charge in [0.2, 0.25) is 0 Å². The Balaban J connectivity index is 3.06. The molecular formula is C11H18N2O2. The minimum absolute atomic E-state index is 0.466. The highest BCUT2D eigenvalue weighted by Crippen LogP contribution is 2.21. The van der Waals surface area contributed by atoms with Crippen LogP contribution in [-0.2, 0) is 17.8 Å². The molecule has 0 bridgehead atoms. The maximum atomic E-state index is 10.9. The van der Waals surface area contributed by atoms with Gasteiger partial charge in [-0.25, -0.2) is 0 Å². The molecule has 1 heterocycles. The second kappa shape index (κ2) is 4.96. The Kier molecular flexibility index (Phi) is 3.88. The zero-order valence-corrected chi connectivity index (χ0v) is 9.53. The van der Waals surface area contributed by atoms with Crippen molar-refractivity contribution in [2.45, 2.75) is 46.1 Å². The summed E-state index contributed by atoms with van der Waals surface area (Å²) in [5, 5.41) is 13.2. The number of aliphatic carboxylic acids is 1. The number of aryl methyl sites for hydroxylation is 1. The number of rotatable bonds is 5. The van der Waals surface area contributed by atoms with Crippen LogP contribution in [-0.4, -0.2) is 20.9 Å². The topological polar surface area (TPSA) is 55.1 Å². The average molecular weight is 210 g/mol. The van der Waals surface area contributed by atoms with E-state index in [9.17, 15) is 4.79 Å². The van der Waals surface area contributed by atoms with Gasteiger partial charge < -0.3 is 5.11 Å². The molecule has 84 valence electrons. The van der Waals surface area contributed by atoms with Gasteiger partial charge in [-0.2, -0.15) is 5.10 Å². The van der Waals surface area contributed by atoms with Crippen molar-refractivity contribution in [2.75, 3.05) is 0 Å².